The fourth-order valence-electron chi connectivity index (χ4n) is 2.39. The minimum absolute atomic E-state index is 0.256. The van der Waals surface area contributed by atoms with Crippen molar-refractivity contribution < 1.29 is 4.74 Å². The van der Waals surface area contributed by atoms with Crippen LogP contribution in [0.4, 0.5) is 0 Å². The molecule has 2 nitrogen and oxygen atoms in total. The minimum Gasteiger partial charge on any atom is -0.496 e. The zero-order valence-corrected chi connectivity index (χ0v) is 12.7. The van der Waals surface area contributed by atoms with E-state index in [1.165, 1.54) is 22.3 Å². The van der Waals surface area contributed by atoms with E-state index < -0.39 is 0 Å². The monoisotopic (exact) mass is 269 g/mol. The molecule has 1 atom stereocenters. The quantitative estimate of drug-likeness (QED) is 0.880. The van der Waals surface area contributed by atoms with Gasteiger partial charge in [-0.05, 0) is 38.0 Å². The Hall–Kier alpha value is -1.80. The van der Waals surface area contributed by atoms with E-state index in [-0.39, 0.29) is 6.04 Å². The molecule has 0 saturated heterocycles. The van der Waals surface area contributed by atoms with Crippen LogP contribution >= 0.6 is 0 Å². The summed E-state index contributed by atoms with van der Waals surface area (Å²) in [5.41, 5.74) is 5.18. The van der Waals surface area contributed by atoms with Gasteiger partial charge in [0.1, 0.15) is 5.75 Å². The molecule has 0 aliphatic heterocycles. The fourth-order valence-corrected chi connectivity index (χ4v) is 2.39. The summed E-state index contributed by atoms with van der Waals surface area (Å²) in [6, 6.07) is 15.0. The van der Waals surface area contributed by atoms with Crippen molar-refractivity contribution in [3.63, 3.8) is 0 Å². The van der Waals surface area contributed by atoms with E-state index in [0.717, 1.165) is 12.3 Å². The van der Waals surface area contributed by atoms with E-state index in [4.69, 9.17) is 4.74 Å². The van der Waals surface area contributed by atoms with Gasteiger partial charge in [-0.1, -0.05) is 42.0 Å². The summed E-state index contributed by atoms with van der Waals surface area (Å²) < 4.78 is 5.42. The van der Waals surface area contributed by atoms with E-state index in [9.17, 15) is 0 Å². The Morgan fingerprint density at radius 3 is 2.60 bits per heavy atom. The smallest absolute Gasteiger partial charge is 0.123 e. The van der Waals surface area contributed by atoms with Crippen LogP contribution in [0.5, 0.6) is 5.75 Å². The number of rotatable bonds is 5. The molecule has 1 N–H and O–H groups in total. The van der Waals surface area contributed by atoms with Gasteiger partial charge < -0.3 is 10.1 Å². The number of aryl methyl sites for hydroxylation is 2. The highest BCUT2D eigenvalue weighted by Gasteiger charge is 2.10. The molecule has 2 aromatic rings. The van der Waals surface area contributed by atoms with Gasteiger partial charge in [0.15, 0.2) is 0 Å². The van der Waals surface area contributed by atoms with Crippen molar-refractivity contribution in [2.75, 3.05) is 7.11 Å². The number of nitrogens with one attached hydrogen (secondary N) is 1. The molecule has 0 unspecified atom stereocenters. The maximum absolute atomic E-state index is 5.42. The zero-order valence-electron chi connectivity index (χ0n) is 12.7. The third-order valence-electron chi connectivity index (χ3n) is 3.71. The highest BCUT2D eigenvalue weighted by Crippen LogP contribution is 2.24. The lowest BCUT2D eigenvalue weighted by atomic mass is 10.0. The summed E-state index contributed by atoms with van der Waals surface area (Å²) in [5.74, 6) is 0.938. The summed E-state index contributed by atoms with van der Waals surface area (Å²) in [5, 5.41) is 3.58. The van der Waals surface area contributed by atoms with Crippen LogP contribution in [0.25, 0.3) is 0 Å². The molecule has 2 rings (SSSR count). The first kappa shape index (κ1) is 14.6. The largest absolute Gasteiger partial charge is 0.496 e. The van der Waals surface area contributed by atoms with Gasteiger partial charge in [0.2, 0.25) is 0 Å². The first-order valence-corrected chi connectivity index (χ1v) is 7.04. The number of para-hydroxylation sites is 1. The molecule has 0 aliphatic carbocycles. The Bertz CT molecular complexity index is 577. The Labute approximate surface area is 121 Å². The third kappa shape index (κ3) is 3.40. The summed E-state index contributed by atoms with van der Waals surface area (Å²) >= 11 is 0. The van der Waals surface area contributed by atoms with Crippen molar-refractivity contribution >= 4 is 0 Å². The molecule has 0 saturated carbocycles. The van der Waals surface area contributed by atoms with Gasteiger partial charge in [-0.3, -0.25) is 0 Å². The SMILES string of the molecule is COc1ccccc1[C@@H](C)NCc1cc(C)ccc1C. The van der Waals surface area contributed by atoms with Crippen molar-refractivity contribution in [1.82, 2.24) is 5.32 Å². The molecule has 106 valence electrons. The molecule has 0 spiro atoms. The molecule has 2 aromatic carbocycles. The molecule has 0 aliphatic rings. The van der Waals surface area contributed by atoms with Crippen LogP contribution in [0.2, 0.25) is 0 Å². The average Bonchev–Trinajstić information content (AvgIpc) is 2.47. The fraction of sp³-hybridized carbons (Fsp3) is 0.333. The van der Waals surface area contributed by atoms with Crippen LogP contribution in [-0.4, -0.2) is 7.11 Å². The van der Waals surface area contributed by atoms with Crippen LogP contribution in [0.15, 0.2) is 42.5 Å². The number of hydrogen-bond acceptors (Lipinski definition) is 2. The molecule has 20 heavy (non-hydrogen) atoms. The summed E-state index contributed by atoms with van der Waals surface area (Å²) in [6.45, 7) is 7.33. The molecular formula is C18H23NO. The van der Waals surface area contributed by atoms with E-state index in [2.05, 4.69) is 50.4 Å². The molecule has 0 aromatic heterocycles. The van der Waals surface area contributed by atoms with Crippen LogP contribution in [0, 0.1) is 13.8 Å². The standard InChI is InChI=1S/C18H23NO/c1-13-9-10-14(2)16(11-13)12-19-15(3)17-7-5-6-8-18(17)20-4/h5-11,15,19H,12H2,1-4H3/t15-/m1/s1. The predicted molar refractivity (Wildman–Crippen MR) is 84.2 cm³/mol. The van der Waals surface area contributed by atoms with Gasteiger partial charge in [-0.25, -0.2) is 0 Å². The van der Waals surface area contributed by atoms with Crippen molar-refractivity contribution in [1.29, 1.82) is 0 Å². The maximum atomic E-state index is 5.42. The Morgan fingerprint density at radius 2 is 1.85 bits per heavy atom. The van der Waals surface area contributed by atoms with E-state index in [0.29, 0.717) is 0 Å². The normalized spacial score (nSPS) is 12.2. The molecular weight excluding hydrogens is 246 g/mol. The van der Waals surface area contributed by atoms with Crippen molar-refractivity contribution in [2.45, 2.75) is 33.4 Å². The average molecular weight is 269 g/mol. The number of ether oxygens (including phenoxy) is 1. The molecule has 2 heteroatoms. The first-order valence-electron chi connectivity index (χ1n) is 7.04. The molecule has 0 amide bonds. The van der Waals surface area contributed by atoms with Crippen LogP contribution < -0.4 is 10.1 Å². The van der Waals surface area contributed by atoms with Crippen molar-refractivity contribution in [3.8, 4) is 5.75 Å². The van der Waals surface area contributed by atoms with Gasteiger partial charge in [0.25, 0.3) is 0 Å². The van der Waals surface area contributed by atoms with Crippen molar-refractivity contribution in [3.05, 3.63) is 64.7 Å². The summed E-state index contributed by atoms with van der Waals surface area (Å²) in [7, 11) is 1.72. The van der Waals surface area contributed by atoms with Gasteiger partial charge in [-0.2, -0.15) is 0 Å². The van der Waals surface area contributed by atoms with Crippen molar-refractivity contribution in [2.24, 2.45) is 0 Å². The first-order chi connectivity index (χ1) is 9.61. The van der Waals surface area contributed by atoms with Crippen LogP contribution in [0.3, 0.4) is 0 Å². The Kier molecular flexibility index (Phi) is 4.80. The lowest BCUT2D eigenvalue weighted by Gasteiger charge is -2.18. The molecule has 0 bridgehead atoms. The highest BCUT2D eigenvalue weighted by atomic mass is 16.5. The summed E-state index contributed by atoms with van der Waals surface area (Å²) in [6.07, 6.45) is 0. The number of benzene rings is 2. The summed E-state index contributed by atoms with van der Waals surface area (Å²) in [4.78, 5) is 0. The highest BCUT2D eigenvalue weighted by molar-refractivity contribution is 5.36. The lowest BCUT2D eigenvalue weighted by Crippen LogP contribution is -2.19. The maximum Gasteiger partial charge on any atom is 0.123 e. The second kappa shape index (κ2) is 6.58. The molecule has 0 heterocycles. The van der Waals surface area contributed by atoms with E-state index >= 15 is 0 Å². The van der Waals surface area contributed by atoms with Gasteiger partial charge in [0, 0.05) is 18.2 Å². The topological polar surface area (TPSA) is 21.3 Å². The van der Waals surface area contributed by atoms with E-state index in [1.54, 1.807) is 7.11 Å². The van der Waals surface area contributed by atoms with E-state index in [1.807, 2.05) is 18.2 Å². The van der Waals surface area contributed by atoms with Crippen LogP contribution in [0.1, 0.15) is 35.2 Å². The minimum atomic E-state index is 0.256. The number of methoxy groups -OCH3 is 1. The predicted octanol–water partition coefficient (Wildman–Crippen LogP) is 4.16. The third-order valence-corrected chi connectivity index (χ3v) is 3.71. The second-order valence-corrected chi connectivity index (χ2v) is 5.27. The van der Waals surface area contributed by atoms with Crippen LogP contribution in [-0.2, 0) is 6.54 Å². The Balaban J connectivity index is 2.08. The van der Waals surface area contributed by atoms with Gasteiger partial charge in [0.05, 0.1) is 7.11 Å². The van der Waals surface area contributed by atoms with Gasteiger partial charge >= 0.3 is 0 Å². The lowest BCUT2D eigenvalue weighted by molar-refractivity contribution is 0.401. The van der Waals surface area contributed by atoms with Gasteiger partial charge in [-0.15, -0.1) is 0 Å². The molecule has 0 radical (unpaired) electrons. The zero-order chi connectivity index (χ0) is 14.5. The second-order valence-electron chi connectivity index (χ2n) is 5.27. The Morgan fingerprint density at radius 1 is 1.10 bits per heavy atom. The molecule has 0 fully saturated rings. The number of hydrogen-bond donors (Lipinski definition) is 1.